The maximum atomic E-state index is 13.5. The number of pyridine rings is 1. The number of hydrogen-bond acceptors (Lipinski definition) is 5. The number of aliphatic carboxylic acids is 1. The van der Waals surface area contributed by atoms with E-state index in [2.05, 4.69) is 28.7 Å². The highest BCUT2D eigenvalue weighted by Gasteiger charge is 2.35. The highest BCUT2D eigenvalue weighted by atomic mass is 32.3. The Morgan fingerprint density at radius 3 is 2.34 bits per heavy atom. The number of nitrogens with zero attached hydrogens (tertiary/aromatic N) is 3. The largest absolute Gasteiger partial charge is 0.492 e. The molecule has 0 saturated heterocycles. The Labute approximate surface area is 222 Å². The molecule has 0 saturated carbocycles. The molecule has 0 radical (unpaired) electrons. The van der Waals surface area contributed by atoms with Crippen LogP contribution in [0.25, 0.3) is 22.6 Å². The van der Waals surface area contributed by atoms with Crippen molar-refractivity contribution >= 4 is 16.0 Å². The molecule has 0 atom stereocenters. The van der Waals surface area contributed by atoms with Crippen LogP contribution in [0.2, 0.25) is 0 Å². The predicted molar refractivity (Wildman–Crippen MR) is 144 cm³/mol. The molecule has 0 aliphatic carbocycles. The van der Waals surface area contributed by atoms with E-state index in [4.69, 9.17) is 9.47 Å². The Hall–Kier alpha value is -3.05. The molecule has 11 heteroatoms. The van der Waals surface area contributed by atoms with Crippen LogP contribution >= 0.6 is 10.0 Å². The molecule has 3 rings (SSSR count). The second kappa shape index (κ2) is 11.4. The molecule has 0 fully saturated rings. The van der Waals surface area contributed by atoms with Crippen LogP contribution in [0.3, 0.4) is 0 Å². The monoisotopic (exact) mass is 553 g/mol. The fourth-order valence-electron chi connectivity index (χ4n) is 3.33. The Balaban J connectivity index is 1.81. The second-order valence-corrected chi connectivity index (χ2v) is 15.2. The molecule has 2 aromatic heterocycles. The van der Waals surface area contributed by atoms with Gasteiger partial charge in [0, 0.05) is 29.3 Å². The first-order valence-electron chi connectivity index (χ1n) is 11.9. The lowest BCUT2D eigenvalue weighted by atomic mass is 9.95. The van der Waals surface area contributed by atoms with E-state index in [0.29, 0.717) is 29.2 Å². The van der Waals surface area contributed by atoms with Gasteiger partial charge in [0.25, 0.3) is 0 Å². The number of alkyl halides is 3. The fraction of sp³-hybridized carbons (Fsp3) is 0.444. The third kappa shape index (κ3) is 7.73. The SMILES string of the molecule is Cc1cc(-c2ccc(OCC(C)(C)C(=O)O)cc2)ncc1-c1nc(C(F)(F)F)cn1COCCS(C)(C)C. The molecule has 0 amide bonds. The van der Waals surface area contributed by atoms with Crippen molar-refractivity contribution in [2.24, 2.45) is 5.41 Å². The van der Waals surface area contributed by atoms with Gasteiger partial charge in [-0.1, -0.05) is 0 Å². The van der Waals surface area contributed by atoms with Crippen LogP contribution in [0, 0.1) is 12.3 Å². The molecule has 7 nitrogen and oxygen atoms in total. The van der Waals surface area contributed by atoms with Crippen molar-refractivity contribution in [3.63, 3.8) is 0 Å². The molecule has 0 aliphatic heterocycles. The molecule has 0 spiro atoms. The number of carbonyl (C=O) groups is 1. The number of hydrogen-bond donors (Lipinski definition) is 1. The third-order valence-corrected chi connectivity index (χ3v) is 7.21. The van der Waals surface area contributed by atoms with E-state index in [0.717, 1.165) is 17.5 Å². The van der Waals surface area contributed by atoms with Crippen LogP contribution in [-0.4, -0.2) is 63.3 Å². The van der Waals surface area contributed by atoms with Crippen LogP contribution in [0.4, 0.5) is 13.2 Å². The summed E-state index contributed by atoms with van der Waals surface area (Å²) in [5.74, 6) is 0.557. The van der Waals surface area contributed by atoms with Crippen LogP contribution in [0.15, 0.2) is 42.7 Å². The van der Waals surface area contributed by atoms with Gasteiger partial charge < -0.3 is 19.1 Å². The summed E-state index contributed by atoms with van der Waals surface area (Å²) in [7, 11) is -0.784. The molecule has 0 bridgehead atoms. The minimum Gasteiger partial charge on any atom is -0.492 e. The molecule has 0 aliphatic rings. The lowest BCUT2D eigenvalue weighted by Crippen LogP contribution is -2.30. The zero-order valence-electron chi connectivity index (χ0n) is 22.4. The van der Waals surface area contributed by atoms with E-state index >= 15 is 0 Å². The molecule has 3 aromatic rings. The third-order valence-electron chi connectivity index (χ3n) is 5.82. The van der Waals surface area contributed by atoms with E-state index in [1.165, 1.54) is 10.8 Å². The first-order chi connectivity index (χ1) is 17.6. The van der Waals surface area contributed by atoms with Crippen molar-refractivity contribution in [1.29, 1.82) is 0 Å². The quantitative estimate of drug-likeness (QED) is 0.289. The van der Waals surface area contributed by atoms with Crippen LogP contribution in [0.5, 0.6) is 5.75 Å². The zero-order valence-corrected chi connectivity index (χ0v) is 23.2. The van der Waals surface area contributed by atoms with Crippen molar-refractivity contribution in [3.8, 4) is 28.4 Å². The number of benzene rings is 1. The highest BCUT2D eigenvalue weighted by molar-refractivity contribution is 8.32. The summed E-state index contributed by atoms with van der Waals surface area (Å²) in [5, 5.41) is 9.23. The van der Waals surface area contributed by atoms with Gasteiger partial charge in [-0.15, -0.1) is 0 Å². The molecule has 2 heterocycles. The number of aromatic nitrogens is 3. The highest BCUT2D eigenvalue weighted by Crippen LogP contribution is 2.35. The Bertz CT molecular complexity index is 1270. The van der Waals surface area contributed by atoms with Crippen molar-refractivity contribution in [2.75, 3.05) is 37.7 Å². The Morgan fingerprint density at radius 1 is 1.13 bits per heavy atom. The number of carboxylic acid groups (broad SMARTS) is 1. The minimum atomic E-state index is -4.58. The van der Waals surface area contributed by atoms with E-state index in [9.17, 15) is 23.1 Å². The number of aryl methyl sites for hydroxylation is 1. The Kier molecular flexibility index (Phi) is 8.82. The van der Waals surface area contributed by atoms with Crippen molar-refractivity contribution < 1.29 is 32.5 Å². The predicted octanol–water partition coefficient (Wildman–Crippen LogP) is 6.10. The maximum Gasteiger partial charge on any atom is 0.434 e. The fourth-order valence-corrected chi connectivity index (χ4v) is 3.95. The summed E-state index contributed by atoms with van der Waals surface area (Å²) < 4.78 is 53.0. The zero-order chi connectivity index (χ0) is 28.3. The molecular formula is C27H34F3N3O4S. The number of ether oxygens (including phenoxy) is 2. The first kappa shape index (κ1) is 29.5. The van der Waals surface area contributed by atoms with E-state index < -0.39 is 33.3 Å². The first-order valence-corrected chi connectivity index (χ1v) is 14.9. The maximum absolute atomic E-state index is 13.5. The second-order valence-electron chi connectivity index (χ2n) is 10.6. The topological polar surface area (TPSA) is 86.5 Å². The van der Waals surface area contributed by atoms with Gasteiger partial charge in [-0.05, 0) is 75.4 Å². The van der Waals surface area contributed by atoms with Gasteiger partial charge in [0.1, 0.15) is 24.9 Å². The lowest BCUT2D eigenvalue weighted by Gasteiger charge is -2.24. The summed E-state index contributed by atoms with van der Waals surface area (Å²) in [6.07, 6.45) is 4.36. The van der Waals surface area contributed by atoms with E-state index in [-0.39, 0.29) is 19.2 Å². The average molecular weight is 554 g/mol. The minimum absolute atomic E-state index is 0.0153. The number of imidazole rings is 1. The average Bonchev–Trinajstić information content (AvgIpc) is 3.24. The standard InChI is InChI=1S/C27H34F3N3O4S/c1-18-13-22(19-7-9-20(10-8-19)37-16-26(2,3)25(34)35)31-14-21(18)24-32-23(27(28,29)30)15-33(24)17-36-11-12-38(4,5)6/h7-10,13-15H,11-12,16-17H2,1-6H3,(H,34,35). The van der Waals surface area contributed by atoms with Crippen LogP contribution in [-0.2, 0) is 22.4 Å². The van der Waals surface area contributed by atoms with Gasteiger partial charge in [-0.3, -0.25) is 9.78 Å². The van der Waals surface area contributed by atoms with Gasteiger partial charge in [0.05, 0.1) is 17.7 Å². The summed E-state index contributed by atoms with van der Waals surface area (Å²) >= 11 is 0. The summed E-state index contributed by atoms with van der Waals surface area (Å²) in [6.45, 7) is 5.37. The summed E-state index contributed by atoms with van der Waals surface area (Å²) in [5.41, 5.74) is 0.578. The molecule has 38 heavy (non-hydrogen) atoms. The summed E-state index contributed by atoms with van der Waals surface area (Å²) in [4.78, 5) is 19.6. The summed E-state index contributed by atoms with van der Waals surface area (Å²) in [6, 6.07) is 8.81. The molecule has 1 aromatic carbocycles. The van der Waals surface area contributed by atoms with E-state index in [1.54, 1.807) is 51.1 Å². The van der Waals surface area contributed by atoms with Crippen molar-refractivity contribution in [1.82, 2.24) is 14.5 Å². The van der Waals surface area contributed by atoms with Crippen LogP contribution < -0.4 is 4.74 Å². The molecule has 0 unspecified atom stereocenters. The van der Waals surface area contributed by atoms with Gasteiger partial charge in [-0.2, -0.15) is 13.2 Å². The molecular weight excluding hydrogens is 519 g/mol. The normalized spacial score (nSPS) is 13.0. The smallest absolute Gasteiger partial charge is 0.434 e. The van der Waals surface area contributed by atoms with Crippen molar-refractivity contribution in [2.45, 2.75) is 33.7 Å². The number of carboxylic acids is 1. The molecule has 208 valence electrons. The lowest BCUT2D eigenvalue weighted by molar-refractivity contribution is -0.148. The Morgan fingerprint density at radius 2 is 1.79 bits per heavy atom. The number of halogens is 3. The van der Waals surface area contributed by atoms with Gasteiger partial charge in [0.2, 0.25) is 0 Å². The van der Waals surface area contributed by atoms with Gasteiger partial charge in [-0.25, -0.2) is 15.0 Å². The number of rotatable bonds is 11. The van der Waals surface area contributed by atoms with Crippen LogP contribution in [0.1, 0.15) is 25.1 Å². The molecule has 1 N–H and O–H groups in total. The van der Waals surface area contributed by atoms with Crippen molar-refractivity contribution in [3.05, 3.63) is 54.0 Å². The van der Waals surface area contributed by atoms with Gasteiger partial charge >= 0.3 is 12.1 Å². The van der Waals surface area contributed by atoms with E-state index in [1.807, 2.05) is 0 Å². The van der Waals surface area contributed by atoms with Gasteiger partial charge in [0.15, 0.2) is 5.69 Å².